The van der Waals surface area contributed by atoms with E-state index in [0.29, 0.717) is 30.5 Å². The highest BCUT2D eigenvalue weighted by Gasteiger charge is 2.29. The standard InChI is InChI=1S/C32H52N8O6/c1-8-11-25(38-31(44)26(12-10-15-33)37-29(42)23-13-16-40(46)17-14-23)30(43)36-24(18-20(3)4)19-35-22(7)28(41)39-27(21(5)6)32(45)34-9-2/h13-14,16-17,20-22,24-27,35H,8-12,18-19H2,1-7H3,(H,34,45)(H,36,43)(H,37,42)(H,38,44)(H,39,41)/t22-,24-,25-,26-,27-/m0/s1. The van der Waals surface area contributed by atoms with Crippen LogP contribution in [0.3, 0.4) is 0 Å². The molecule has 0 bridgehead atoms. The lowest BCUT2D eigenvalue weighted by molar-refractivity contribution is -0.605. The zero-order chi connectivity index (χ0) is 34.8. The largest absolute Gasteiger partial charge is 0.619 e. The summed E-state index contributed by atoms with van der Waals surface area (Å²) in [6.45, 7) is 13.8. The van der Waals surface area contributed by atoms with Crippen molar-refractivity contribution < 1.29 is 28.7 Å². The Morgan fingerprint density at radius 2 is 1.46 bits per heavy atom. The lowest BCUT2D eigenvalue weighted by atomic mass is 10.0. The van der Waals surface area contributed by atoms with E-state index in [-0.39, 0.29) is 54.6 Å². The molecular weight excluding hydrogens is 592 g/mol. The van der Waals surface area contributed by atoms with Gasteiger partial charge in [-0.1, -0.05) is 41.0 Å². The average Bonchev–Trinajstić information content (AvgIpc) is 2.99. The van der Waals surface area contributed by atoms with Crippen molar-refractivity contribution in [3.8, 4) is 6.07 Å². The number of nitriles is 1. The maximum atomic E-state index is 13.5. The van der Waals surface area contributed by atoms with Crippen LogP contribution in [0.5, 0.6) is 0 Å². The predicted molar refractivity (Wildman–Crippen MR) is 173 cm³/mol. The van der Waals surface area contributed by atoms with E-state index in [2.05, 4.69) is 31.9 Å². The summed E-state index contributed by atoms with van der Waals surface area (Å²) in [6, 6.07) is 0.895. The fourth-order valence-corrected chi connectivity index (χ4v) is 4.69. The highest BCUT2D eigenvalue weighted by molar-refractivity contribution is 5.98. The molecule has 0 unspecified atom stereocenters. The normalized spacial score (nSPS) is 14.3. The van der Waals surface area contributed by atoms with Crippen LogP contribution < -0.4 is 36.6 Å². The number of aromatic nitrogens is 1. The third-order valence-corrected chi connectivity index (χ3v) is 7.21. The summed E-state index contributed by atoms with van der Waals surface area (Å²) in [6.07, 6.45) is 3.84. The van der Waals surface area contributed by atoms with Gasteiger partial charge in [0.05, 0.1) is 17.7 Å². The van der Waals surface area contributed by atoms with Crippen molar-refractivity contribution in [1.29, 1.82) is 5.26 Å². The van der Waals surface area contributed by atoms with Crippen molar-refractivity contribution in [2.75, 3.05) is 13.1 Å². The lowest BCUT2D eigenvalue weighted by Crippen LogP contribution is -2.57. The summed E-state index contributed by atoms with van der Waals surface area (Å²) < 4.78 is 0.527. The minimum Gasteiger partial charge on any atom is -0.619 e. The predicted octanol–water partition coefficient (Wildman–Crippen LogP) is 0.793. The molecule has 5 amide bonds. The van der Waals surface area contributed by atoms with Crippen LogP contribution >= 0.6 is 0 Å². The zero-order valence-corrected chi connectivity index (χ0v) is 28.1. The molecule has 6 N–H and O–H groups in total. The van der Waals surface area contributed by atoms with Gasteiger partial charge in [-0.3, -0.25) is 24.0 Å². The molecule has 1 rings (SSSR count). The molecule has 0 aliphatic heterocycles. The number of likely N-dealkylation sites (N-methyl/N-ethyl adjacent to an activating group) is 1. The number of nitrogens with zero attached hydrogens (tertiary/aromatic N) is 2. The molecule has 0 saturated carbocycles. The summed E-state index contributed by atoms with van der Waals surface area (Å²) in [5, 5.41) is 37.4. The Bertz CT molecular complexity index is 1180. The minimum absolute atomic E-state index is 0.00651. The number of pyridine rings is 1. The second-order valence-corrected chi connectivity index (χ2v) is 12.1. The molecule has 0 aliphatic rings. The molecule has 0 fully saturated rings. The van der Waals surface area contributed by atoms with E-state index < -0.39 is 41.9 Å². The molecule has 14 nitrogen and oxygen atoms in total. The molecule has 0 aliphatic carbocycles. The third-order valence-electron chi connectivity index (χ3n) is 7.21. The lowest BCUT2D eigenvalue weighted by Gasteiger charge is -2.28. The van der Waals surface area contributed by atoms with E-state index >= 15 is 0 Å². The van der Waals surface area contributed by atoms with E-state index in [0.717, 1.165) is 12.4 Å². The molecule has 46 heavy (non-hydrogen) atoms. The fourth-order valence-electron chi connectivity index (χ4n) is 4.69. The molecule has 256 valence electrons. The second-order valence-electron chi connectivity index (χ2n) is 12.1. The van der Waals surface area contributed by atoms with Crippen molar-refractivity contribution in [1.82, 2.24) is 31.9 Å². The highest BCUT2D eigenvalue weighted by atomic mass is 16.5. The first-order valence-electron chi connectivity index (χ1n) is 16.0. The van der Waals surface area contributed by atoms with Crippen LogP contribution in [-0.2, 0) is 19.2 Å². The van der Waals surface area contributed by atoms with E-state index in [1.165, 1.54) is 12.1 Å². The van der Waals surface area contributed by atoms with Gasteiger partial charge >= 0.3 is 0 Å². The van der Waals surface area contributed by atoms with Crippen LogP contribution in [0.4, 0.5) is 0 Å². The molecule has 14 heteroatoms. The molecule has 0 radical (unpaired) electrons. The van der Waals surface area contributed by atoms with Crippen LogP contribution in [0.15, 0.2) is 24.5 Å². The molecule has 5 atom stereocenters. The molecule has 0 aromatic carbocycles. The summed E-state index contributed by atoms with van der Waals surface area (Å²) >= 11 is 0. The minimum atomic E-state index is -1.08. The van der Waals surface area contributed by atoms with E-state index in [9.17, 15) is 29.2 Å². The zero-order valence-electron chi connectivity index (χ0n) is 28.1. The van der Waals surface area contributed by atoms with Gasteiger partial charge in [-0.2, -0.15) is 9.99 Å². The SMILES string of the molecule is CCC[C@H](NC(=O)[C@H](CCC#N)NC(=O)c1cc[n+]([O-])cc1)C(=O)N[C@H](CN[C@@H](C)C(=O)N[C@H](C(=O)NCC)C(C)C)CC(C)C. The van der Waals surface area contributed by atoms with E-state index in [1.807, 2.05) is 47.6 Å². The van der Waals surface area contributed by atoms with Gasteiger partial charge in [0.25, 0.3) is 5.91 Å². The molecular formula is C32H52N8O6. The number of amides is 5. The van der Waals surface area contributed by atoms with Crippen LogP contribution in [0.25, 0.3) is 0 Å². The molecule has 1 heterocycles. The van der Waals surface area contributed by atoms with Crippen LogP contribution in [-0.4, -0.2) is 72.8 Å². The van der Waals surface area contributed by atoms with Gasteiger partial charge in [-0.25, -0.2) is 0 Å². The van der Waals surface area contributed by atoms with Crippen molar-refractivity contribution >= 4 is 29.5 Å². The van der Waals surface area contributed by atoms with Crippen molar-refractivity contribution in [3.05, 3.63) is 35.3 Å². The monoisotopic (exact) mass is 644 g/mol. The van der Waals surface area contributed by atoms with Crippen LogP contribution in [0.2, 0.25) is 0 Å². The van der Waals surface area contributed by atoms with Crippen molar-refractivity contribution in [3.63, 3.8) is 0 Å². The molecule has 0 saturated heterocycles. The topological polar surface area (TPSA) is 208 Å². The fraction of sp³-hybridized carbons (Fsp3) is 0.656. The number of rotatable bonds is 20. The third kappa shape index (κ3) is 14.2. The summed E-state index contributed by atoms with van der Waals surface area (Å²) in [4.78, 5) is 64.8. The number of hydrogen-bond donors (Lipinski definition) is 6. The summed E-state index contributed by atoms with van der Waals surface area (Å²) in [5.74, 6) is -2.12. The van der Waals surface area contributed by atoms with Gasteiger partial charge in [0.15, 0.2) is 12.4 Å². The maximum absolute atomic E-state index is 13.5. The molecule has 1 aromatic rings. The van der Waals surface area contributed by atoms with Crippen molar-refractivity contribution in [2.45, 2.75) is 111 Å². The Hall–Kier alpha value is -4.25. The van der Waals surface area contributed by atoms with Gasteiger partial charge in [0.2, 0.25) is 23.6 Å². The first-order chi connectivity index (χ1) is 21.7. The number of carbonyl (C=O) groups excluding carboxylic acids is 5. The number of nitrogens with one attached hydrogen (secondary N) is 6. The highest BCUT2D eigenvalue weighted by Crippen LogP contribution is 2.09. The Morgan fingerprint density at radius 3 is 2.00 bits per heavy atom. The molecule has 0 spiro atoms. The first-order valence-corrected chi connectivity index (χ1v) is 16.0. The Kier molecular flexibility index (Phi) is 17.9. The Labute approximate surface area is 272 Å². The van der Waals surface area contributed by atoms with Gasteiger partial charge in [-0.15, -0.1) is 0 Å². The van der Waals surface area contributed by atoms with Gasteiger partial charge in [0.1, 0.15) is 18.1 Å². The van der Waals surface area contributed by atoms with Crippen LogP contribution in [0.1, 0.15) is 90.9 Å². The smallest absolute Gasteiger partial charge is 0.252 e. The Morgan fingerprint density at radius 1 is 0.848 bits per heavy atom. The average molecular weight is 645 g/mol. The van der Waals surface area contributed by atoms with Gasteiger partial charge < -0.3 is 37.1 Å². The van der Waals surface area contributed by atoms with E-state index in [4.69, 9.17) is 5.26 Å². The van der Waals surface area contributed by atoms with E-state index in [1.54, 1.807) is 6.92 Å². The summed E-state index contributed by atoms with van der Waals surface area (Å²) in [7, 11) is 0. The number of hydrogen-bond acceptors (Lipinski definition) is 8. The molecule has 1 aromatic heterocycles. The second kappa shape index (κ2) is 20.7. The van der Waals surface area contributed by atoms with Crippen LogP contribution in [0, 0.1) is 28.4 Å². The van der Waals surface area contributed by atoms with Gasteiger partial charge in [-0.05, 0) is 44.9 Å². The Balaban J connectivity index is 2.95. The maximum Gasteiger partial charge on any atom is 0.252 e. The number of carbonyl (C=O) groups is 5. The first kappa shape index (κ1) is 39.8. The van der Waals surface area contributed by atoms with Gasteiger partial charge in [0, 0.05) is 37.7 Å². The quantitative estimate of drug-likeness (QED) is 0.0881. The summed E-state index contributed by atoms with van der Waals surface area (Å²) in [5.41, 5.74) is 0.167. The van der Waals surface area contributed by atoms with Crippen molar-refractivity contribution in [2.24, 2.45) is 11.8 Å².